The van der Waals surface area contributed by atoms with E-state index in [1.807, 2.05) is 0 Å². The second kappa shape index (κ2) is 7.46. The summed E-state index contributed by atoms with van der Waals surface area (Å²) >= 11 is 0. The Morgan fingerprint density at radius 2 is 1.87 bits per heavy atom. The molecule has 0 bridgehead atoms. The fourth-order valence-corrected chi connectivity index (χ4v) is 1.56. The minimum absolute atomic E-state index is 0.280. The first-order valence-corrected chi connectivity index (χ1v) is 5.68. The SMILES string of the molecule is C=C(CN(CC)CC(CC)CC)C(=O)O. The molecule has 0 saturated heterocycles. The maximum atomic E-state index is 10.6. The van der Waals surface area contributed by atoms with Crippen molar-refractivity contribution in [3.63, 3.8) is 0 Å². The van der Waals surface area contributed by atoms with Gasteiger partial charge in [0.25, 0.3) is 0 Å². The number of carbonyl (C=O) groups is 1. The van der Waals surface area contributed by atoms with Crippen LogP contribution in [0.2, 0.25) is 0 Å². The molecule has 0 heterocycles. The zero-order valence-corrected chi connectivity index (χ0v) is 10.1. The second-order valence-electron chi connectivity index (χ2n) is 3.92. The van der Waals surface area contributed by atoms with Gasteiger partial charge in [0.15, 0.2) is 0 Å². The molecule has 0 aromatic heterocycles. The minimum atomic E-state index is -0.891. The summed E-state index contributed by atoms with van der Waals surface area (Å²) in [7, 11) is 0. The van der Waals surface area contributed by atoms with Gasteiger partial charge in [-0.3, -0.25) is 4.90 Å². The van der Waals surface area contributed by atoms with Crippen molar-refractivity contribution in [3.05, 3.63) is 12.2 Å². The van der Waals surface area contributed by atoms with Crippen molar-refractivity contribution in [3.8, 4) is 0 Å². The summed E-state index contributed by atoms with van der Waals surface area (Å²) in [4.78, 5) is 12.8. The summed E-state index contributed by atoms with van der Waals surface area (Å²) in [5.41, 5.74) is 0.280. The molecule has 15 heavy (non-hydrogen) atoms. The molecule has 0 aromatic rings. The van der Waals surface area contributed by atoms with Crippen molar-refractivity contribution in [1.82, 2.24) is 4.90 Å². The number of carboxylic acids is 1. The molecule has 0 rings (SSSR count). The summed E-state index contributed by atoms with van der Waals surface area (Å²) in [6.07, 6.45) is 2.29. The summed E-state index contributed by atoms with van der Waals surface area (Å²) in [5.74, 6) is -0.232. The standard InChI is InChI=1S/C12H23NO2/c1-5-11(6-2)9-13(7-3)8-10(4)12(14)15/h11H,4-9H2,1-3H3,(H,14,15). The molecule has 3 nitrogen and oxygen atoms in total. The van der Waals surface area contributed by atoms with Gasteiger partial charge < -0.3 is 5.11 Å². The monoisotopic (exact) mass is 213 g/mol. The summed E-state index contributed by atoms with van der Waals surface area (Å²) in [6.45, 7) is 12.3. The quantitative estimate of drug-likeness (QED) is 0.629. The third kappa shape index (κ3) is 5.57. The molecule has 0 fully saturated rings. The topological polar surface area (TPSA) is 40.5 Å². The van der Waals surface area contributed by atoms with Crippen molar-refractivity contribution in [2.75, 3.05) is 19.6 Å². The van der Waals surface area contributed by atoms with Crippen molar-refractivity contribution < 1.29 is 9.90 Å². The first kappa shape index (κ1) is 14.2. The molecule has 0 amide bonds. The predicted octanol–water partition coefficient (Wildman–Crippen LogP) is 2.39. The molecule has 0 aliphatic carbocycles. The maximum Gasteiger partial charge on any atom is 0.332 e. The fraction of sp³-hybridized carbons (Fsp3) is 0.750. The molecule has 0 atom stereocenters. The molecule has 0 saturated carbocycles. The largest absolute Gasteiger partial charge is 0.478 e. The smallest absolute Gasteiger partial charge is 0.332 e. The number of carboxylic acid groups (broad SMARTS) is 1. The lowest BCUT2D eigenvalue weighted by Crippen LogP contribution is -2.32. The van der Waals surface area contributed by atoms with Gasteiger partial charge in [-0.05, 0) is 12.5 Å². The van der Waals surface area contributed by atoms with Crippen LogP contribution >= 0.6 is 0 Å². The third-order valence-corrected chi connectivity index (χ3v) is 2.84. The minimum Gasteiger partial charge on any atom is -0.478 e. The van der Waals surface area contributed by atoms with Crippen LogP contribution in [0.1, 0.15) is 33.6 Å². The Hall–Kier alpha value is -0.830. The van der Waals surface area contributed by atoms with Crippen LogP contribution in [0.3, 0.4) is 0 Å². The van der Waals surface area contributed by atoms with Crippen molar-refractivity contribution >= 4 is 5.97 Å². The molecule has 0 aromatic carbocycles. The van der Waals surface area contributed by atoms with Gasteiger partial charge in [-0.25, -0.2) is 4.79 Å². The molecule has 0 aliphatic heterocycles. The number of hydrogen-bond donors (Lipinski definition) is 1. The molecule has 3 heteroatoms. The maximum absolute atomic E-state index is 10.6. The normalized spacial score (nSPS) is 11.0. The van der Waals surface area contributed by atoms with Gasteiger partial charge in [0, 0.05) is 18.7 Å². The van der Waals surface area contributed by atoms with E-state index in [1.54, 1.807) is 0 Å². The van der Waals surface area contributed by atoms with Gasteiger partial charge in [0.2, 0.25) is 0 Å². The Bertz CT molecular complexity index is 210. The van der Waals surface area contributed by atoms with Crippen molar-refractivity contribution in [2.24, 2.45) is 5.92 Å². The van der Waals surface area contributed by atoms with Crippen LogP contribution in [0.5, 0.6) is 0 Å². The van der Waals surface area contributed by atoms with Crippen LogP contribution in [0.4, 0.5) is 0 Å². The number of hydrogen-bond acceptors (Lipinski definition) is 2. The molecule has 0 aliphatic rings. The van der Waals surface area contributed by atoms with E-state index in [0.29, 0.717) is 12.5 Å². The molecular formula is C12H23NO2. The lowest BCUT2D eigenvalue weighted by atomic mass is 10.0. The van der Waals surface area contributed by atoms with Crippen molar-refractivity contribution in [1.29, 1.82) is 0 Å². The molecule has 1 N–H and O–H groups in total. The van der Waals surface area contributed by atoms with Crippen molar-refractivity contribution in [2.45, 2.75) is 33.6 Å². The van der Waals surface area contributed by atoms with E-state index in [9.17, 15) is 4.79 Å². The van der Waals surface area contributed by atoms with E-state index < -0.39 is 5.97 Å². The highest BCUT2D eigenvalue weighted by molar-refractivity contribution is 5.86. The second-order valence-corrected chi connectivity index (χ2v) is 3.92. The van der Waals surface area contributed by atoms with Gasteiger partial charge in [-0.2, -0.15) is 0 Å². The Balaban J connectivity index is 4.13. The molecule has 0 radical (unpaired) electrons. The van der Waals surface area contributed by atoms with E-state index in [1.165, 1.54) is 0 Å². The third-order valence-electron chi connectivity index (χ3n) is 2.84. The van der Waals surface area contributed by atoms with Gasteiger partial charge >= 0.3 is 5.97 Å². The molecule has 0 spiro atoms. The van der Waals surface area contributed by atoms with Gasteiger partial charge in [-0.15, -0.1) is 0 Å². The van der Waals surface area contributed by atoms with E-state index >= 15 is 0 Å². The number of likely N-dealkylation sites (N-methyl/N-ethyl adjacent to an activating group) is 1. The highest BCUT2D eigenvalue weighted by Crippen LogP contribution is 2.10. The lowest BCUT2D eigenvalue weighted by molar-refractivity contribution is -0.132. The van der Waals surface area contributed by atoms with Crippen LogP contribution in [-0.4, -0.2) is 35.6 Å². The van der Waals surface area contributed by atoms with Crippen LogP contribution in [0, 0.1) is 5.92 Å². The van der Waals surface area contributed by atoms with E-state index in [2.05, 4.69) is 32.3 Å². The Morgan fingerprint density at radius 3 is 2.20 bits per heavy atom. The zero-order chi connectivity index (χ0) is 11.8. The predicted molar refractivity (Wildman–Crippen MR) is 63.0 cm³/mol. The van der Waals surface area contributed by atoms with Gasteiger partial charge in [-0.1, -0.05) is 40.2 Å². The van der Waals surface area contributed by atoms with Crippen LogP contribution in [0.15, 0.2) is 12.2 Å². The fourth-order valence-electron chi connectivity index (χ4n) is 1.56. The van der Waals surface area contributed by atoms with Crippen LogP contribution < -0.4 is 0 Å². The first-order valence-electron chi connectivity index (χ1n) is 5.68. The van der Waals surface area contributed by atoms with Gasteiger partial charge in [0.05, 0.1) is 0 Å². The highest BCUT2D eigenvalue weighted by atomic mass is 16.4. The zero-order valence-electron chi connectivity index (χ0n) is 10.1. The summed E-state index contributed by atoms with van der Waals surface area (Å²) in [6, 6.07) is 0. The van der Waals surface area contributed by atoms with Gasteiger partial charge in [0.1, 0.15) is 0 Å². The average Bonchev–Trinajstić information content (AvgIpc) is 2.23. The number of rotatable bonds is 8. The van der Waals surface area contributed by atoms with E-state index in [0.717, 1.165) is 25.9 Å². The Kier molecular flexibility index (Phi) is 7.05. The van der Waals surface area contributed by atoms with Crippen LogP contribution in [0.25, 0.3) is 0 Å². The lowest BCUT2D eigenvalue weighted by Gasteiger charge is -2.24. The Morgan fingerprint density at radius 1 is 1.33 bits per heavy atom. The molecule has 88 valence electrons. The van der Waals surface area contributed by atoms with E-state index in [-0.39, 0.29) is 5.57 Å². The summed E-state index contributed by atoms with van der Waals surface area (Å²) in [5, 5.41) is 8.75. The van der Waals surface area contributed by atoms with E-state index in [4.69, 9.17) is 5.11 Å². The molecule has 0 unspecified atom stereocenters. The number of nitrogens with zero attached hydrogens (tertiary/aromatic N) is 1. The summed E-state index contributed by atoms with van der Waals surface area (Å²) < 4.78 is 0. The number of aliphatic carboxylic acids is 1. The first-order chi connectivity index (χ1) is 7.04. The Labute approximate surface area is 92.8 Å². The van der Waals surface area contributed by atoms with Crippen LogP contribution in [-0.2, 0) is 4.79 Å². The molecular weight excluding hydrogens is 190 g/mol. The average molecular weight is 213 g/mol. The highest BCUT2D eigenvalue weighted by Gasteiger charge is 2.13.